The zero-order valence-corrected chi connectivity index (χ0v) is 17.2. The fraction of sp³-hybridized carbons (Fsp3) is 0.364. The minimum atomic E-state index is -0.0373. The number of hydrogen-bond acceptors (Lipinski definition) is 6. The average Bonchev–Trinajstić information content (AvgIpc) is 3.38. The van der Waals surface area contributed by atoms with Gasteiger partial charge >= 0.3 is 0 Å². The molecule has 0 unspecified atom stereocenters. The van der Waals surface area contributed by atoms with Crippen molar-refractivity contribution in [3.8, 4) is 5.75 Å². The van der Waals surface area contributed by atoms with Crippen LogP contribution >= 0.6 is 11.3 Å². The van der Waals surface area contributed by atoms with Crippen LogP contribution in [0.5, 0.6) is 5.75 Å². The lowest BCUT2D eigenvalue weighted by Crippen LogP contribution is -2.43. The molecule has 3 aromatic rings. The summed E-state index contributed by atoms with van der Waals surface area (Å²) in [5, 5.41) is 7.61. The maximum absolute atomic E-state index is 12.9. The van der Waals surface area contributed by atoms with Gasteiger partial charge in [0.25, 0.3) is 5.91 Å². The number of ether oxygens (including phenoxy) is 1. The molecule has 1 aliphatic heterocycles. The number of methoxy groups -OCH3 is 1. The predicted octanol–water partition coefficient (Wildman–Crippen LogP) is 3.13. The number of fused-ring (bicyclic) bond motifs is 2. The standard InChI is InChI=1S/C22H24N4O2S/c1-28-19-4-2-3-15-16(19)6-8-17(15)24-21(27)14-5-7-18-20(13-14)29-22(25-18)26-11-9-23-10-12-26/h2-5,7,13,17,23H,6,8-12H2,1H3,(H,24,27)/t17-/m0/s1. The second kappa shape index (κ2) is 7.65. The number of thiazole rings is 1. The maximum atomic E-state index is 12.9. The molecule has 1 atom stereocenters. The zero-order valence-electron chi connectivity index (χ0n) is 16.4. The summed E-state index contributed by atoms with van der Waals surface area (Å²) >= 11 is 1.66. The SMILES string of the molecule is COc1cccc2c1CC[C@@H]2NC(=O)c1ccc2nc(N3CCNCC3)sc2c1. The number of aromatic nitrogens is 1. The van der Waals surface area contributed by atoms with E-state index in [1.54, 1.807) is 18.4 Å². The van der Waals surface area contributed by atoms with E-state index in [1.807, 2.05) is 30.3 Å². The van der Waals surface area contributed by atoms with Crippen LogP contribution in [-0.2, 0) is 6.42 Å². The van der Waals surface area contributed by atoms with Gasteiger partial charge in [-0.1, -0.05) is 23.5 Å². The second-order valence-corrected chi connectivity index (χ2v) is 8.52. The predicted molar refractivity (Wildman–Crippen MR) is 116 cm³/mol. The van der Waals surface area contributed by atoms with E-state index in [0.29, 0.717) is 5.56 Å². The zero-order chi connectivity index (χ0) is 19.8. The Kier molecular flexibility index (Phi) is 4.85. The Hall–Kier alpha value is -2.64. The van der Waals surface area contributed by atoms with Gasteiger partial charge in [0.1, 0.15) is 5.75 Å². The minimum absolute atomic E-state index is 0.0289. The van der Waals surface area contributed by atoms with E-state index < -0.39 is 0 Å². The lowest BCUT2D eigenvalue weighted by molar-refractivity contribution is 0.0937. The number of rotatable bonds is 4. The van der Waals surface area contributed by atoms with Crippen molar-refractivity contribution in [2.45, 2.75) is 18.9 Å². The van der Waals surface area contributed by atoms with E-state index in [4.69, 9.17) is 9.72 Å². The molecule has 1 amide bonds. The summed E-state index contributed by atoms with van der Waals surface area (Å²) in [7, 11) is 1.69. The highest BCUT2D eigenvalue weighted by Crippen LogP contribution is 2.37. The van der Waals surface area contributed by atoms with Crippen molar-refractivity contribution >= 4 is 32.6 Å². The van der Waals surface area contributed by atoms with Gasteiger partial charge < -0.3 is 20.3 Å². The van der Waals surface area contributed by atoms with Crippen molar-refractivity contribution < 1.29 is 9.53 Å². The fourth-order valence-electron chi connectivity index (χ4n) is 4.25. The van der Waals surface area contributed by atoms with Crippen LogP contribution in [0, 0.1) is 0 Å². The molecule has 2 N–H and O–H groups in total. The van der Waals surface area contributed by atoms with E-state index in [9.17, 15) is 4.79 Å². The minimum Gasteiger partial charge on any atom is -0.496 e. The summed E-state index contributed by atoms with van der Waals surface area (Å²) in [6.07, 6.45) is 1.82. The van der Waals surface area contributed by atoms with Gasteiger partial charge in [-0.3, -0.25) is 4.79 Å². The van der Waals surface area contributed by atoms with E-state index in [1.165, 1.54) is 5.56 Å². The Labute approximate surface area is 173 Å². The maximum Gasteiger partial charge on any atom is 0.251 e. The third-order valence-electron chi connectivity index (χ3n) is 5.78. The number of nitrogens with one attached hydrogen (secondary N) is 2. The lowest BCUT2D eigenvalue weighted by Gasteiger charge is -2.26. The van der Waals surface area contributed by atoms with Gasteiger partial charge in [-0.15, -0.1) is 0 Å². The molecule has 1 saturated heterocycles. The van der Waals surface area contributed by atoms with E-state index in [0.717, 1.165) is 65.7 Å². The molecule has 0 bridgehead atoms. The fourth-order valence-corrected chi connectivity index (χ4v) is 5.31. The molecule has 6 nitrogen and oxygen atoms in total. The van der Waals surface area contributed by atoms with Crippen molar-refractivity contribution in [1.29, 1.82) is 0 Å². The third kappa shape index (κ3) is 3.45. The quantitative estimate of drug-likeness (QED) is 0.694. The Morgan fingerprint density at radius 3 is 2.97 bits per heavy atom. The van der Waals surface area contributed by atoms with E-state index >= 15 is 0 Å². The number of nitrogens with zero attached hydrogens (tertiary/aromatic N) is 2. The first kappa shape index (κ1) is 18.4. The van der Waals surface area contributed by atoms with Gasteiger partial charge in [0.2, 0.25) is 0 Å². The van der Waals surface area contributed by atoms with Crippen molar-refractivity contribution in [3.63, 3.8) is 0 Å². The highest BCUT2D eigenvalue weighted by molar-refractivity contribution is 7.22. The van der Waals surface area contributed by atoms with Crippen LogP contribution in [0.25, 0.3) is 10.2 Å². The molecule has 1 aromatic heterocycles. The second-order valence-electron chi connectivity index (χ2n) is 7.51. The number of amides is 1. The number of piperazine rings is 1. The monoisotopic (exact) mass is 408 g/mol. The van der Waals surface area contributed by atoms with Gasteiger partial charge in [0, 0.05) is 31.7 Å². The summed E-state index contributed by atoms with van der Waals surface area (Å²) in [4.78, 5) is 20.0. The summed E-state index contributed by atoms with van der Waals surface area (Å²) in [5.41, 5.74) is 4.01. The number of carbonyl (C=O) groups excluding carboxylic acids is 1. The highest BCUT2D eigenvalue weighted by atomic mass is 32.1. The van der Waals surface area contributed by atoms with E-state index in [-0.39, 0.29) is 11.9 Å². The number of hydrogen-bond donors (Lipinski definition) is 2. The Morgan fingerprint density at radius 1 is 1.28 bits per heavy atom. The van der Waals surface area contributed by atoms with Crippen LogP contribution in [0.1, 0.15) is 33.9 Å². The Balaban J connectivity index is 1.35. The summed E-state index contributed by atoms with van der Waals surface area (Å²) in [6.45, 7) is 3.91. The molecule has 2 heterocycles. The Morgan fingerprint density at radius 2 is 2.14 bits per heavy atom. The molecule has 0 radical (unpaired) electrons. The topological polar surface area (TPSA) is 66.5 Å². The van der Waals surface area contributed by atoms with Crippen LogP contribution in [0.2, 0.25) is 0 Å². The molecule has 7 heteroatoms. The van der Waals surface area contributed by atoms with Gasteiger partial charge in [-0.2, -0.15) is 0 Å². The molecule has 2 aliphatic rings. The van der Waals surface area contributed by atoms with Gasteiger partial charge in [0.15, 0.2) is 5.13 Å². The first-order valence-electron chi connectivity index (χ1n) is 10.1. The highest BCUT2D eigenvalue weighted by Gasteiger charge is 2.27. The van der Waals surface area contributed by atoms with Crippen LogP contribution in [0.15, 0.2) is 36.4 Å². The number of anilines is 1. The largest absolute Gasteiger partial charge is 0.496 e. The summed E-state index contributed by atoms with van der Waals surface area (Å²) < 4.78 is 6.52. The average molecular weight is 409 g/mol. The smallest absolute Gasteiger partial charge is 0.251 e. The van der Waals surface area contributed by atoms with Crippen LogP contribution in [0.3, 0.4) is 0 Å². The van der Waals surface area contributed by atoms with Crippen LogP contribution in [-0.4, -0.2) is 44.2 Å². The van der Waals surface area contributed by atoms with Gasteiger partial charge in [-0.25, -0.2) is 4.98 Å². The van der Waals surface area contributed by atoms with Gasteiger partial charge in [-0.05, 0) is 48.2 Å². The lowest BCUT2D eigenvalue weighted by atomic mass is 10.1. The molecule has 29 heavy (non-hydrogen) atoms. The molecule has 5 rings (SSSR count). The number of benzene rings is 2. The van der Waals surface area contributed by atoms with E-state index in [2.05, 4.69) is 21.6 Å². The molecule has 1 fully saturated rings. The van der Waals surface area contributed by atoms with Crippen LogP contribution < -0.4 is 20.3 Å². The van der Waals surface area contributed by atoms with Gasteiger partial charge in [0.05, 0.1) is 23.4 Å². The molecule has 2 aromatic carbocycles. The van der Waals surface area contributed by atoms with Crippen molar-refractivity contribution in [1.82, 2.24) is 15.6 Å². The molecule has 1 aliphatic carbocycles. The first-order valence-corrected chi connectivity index (χ1v) is 10.9. The van der Waals surface area contributed by atoms with Crippen molar-refractivity contribution in [2.24, 2.45) is 0 Å². The summed E-state index contributed by atoms with van der Waals surface area (Å²) in [5.74, 6) is 0.871. The van der Waals surface area contributed by atoms with Crippen molar-refractivity contribution in [2.75, 3.05) is 38.2 Å². The summed E-state index contributed by atoms with van der Waals surface area (Å²) in [6, 6.07) is 11.9. The number of carbonyl (C=O) groups is 1. The molecule has 150 valence electrons. The Bertz CT molecular complexity index is 1060. The molecule has 0 spiro atoms. The third-order valence-corrected chi connectivity index (χ3v) is 6.86. The van der Waals surface area contributed by atoms with Crippen LogP contribution in [0.4, 0.5) is 5.13 Å². The molecule has 0 saturated carbocycles. The molecular formula is C22H24N4O2S. The van der Waals surface area contributed by atoms with Crippen molar-refractivity contribution in [3.05, 3.63) is 53.1 Å². The first-order chi connectivity index (χ1) is 14.2. The molecular weight excluding hydrogens is 384 g/mol. The normalized spacial score (nSPS) is 18.7.